The van der Waals surface area contributed by atoms with Crippen molar-refractivity contribution in [3.63, 3.8) is 0 Å². The lowest BCUT2D eigenvalue weighted by Gasteiger charge is -2.09. The third-order valence-electron chi connectivity index (χ3n) is 3.29. The van der Waals surface area contributed by atoms with Gasteiger partial charge in [-0.1, -0.05) is 18.2 Å². The minimum absolute atomic E-state index is 0.118. The summed E-state index contributed by atoms with van der Waals surface area (Å²) >= 11 is 0. The normalized spacial score (nSPS) is 11.0. The first-order valence-corrected chi connectivity index (χ1v) is 7.66. The molecular weight excluding hydrogens is 294 g/mol. The summed E-state index contributed by atoms with van der Waals surface area (Å²) in [6, 6.07) is 7.63. The zero-order valence-corrected chi connectivity index (χ0v) is 13.4. The monoisotopic (exact) mass is 315 g/mol. The number of imidazole rings is 1. The van der Waals surface area contributed by atoms with Gasteiger partial charge in [0.2, 0.25) is 5.91 Å². The standard InChI is InChI=1S/C17H21N3O3/c1-3-7-16(21)18-11-10-15-19-13-8-5-6-9-14(13)20(15)12-17(22)23-4-2/h3,5-9H,4,10-12H2,1-2H3,(H,18,21)/b7-3+. The second kappa shape index (κ2) is 8.12. The summed E-state index contributed by atoms with van der Waals surface area (Å²) in [5.74, 6) is 0.315. The fraction of sp³-hybridized carbons (Fsp3) is 0.353. The van der Waals surface area contributed by atoms with E-state index >= 15 is 0 Å². The minimum Gasteiger partial charge on any atom is -0.465 e. The molecule has 1 N–H and O–H groups in total. The van der Waals surface area contributed by atoms with Gasteiger partial charge in [0, 0.05) is 13.0 Å². The predicted octanol–water partition coefficient (Wildman–Crippen LogP) is 1.83. The lowest BCUT2D eigenvalue weighted by molar-refractivity contribution is -0.143. The maximum absolute atomic E-state index is 11.8. The van der Waals surface area contributed by atoms with Gasteiger partial charge in [0.15, 0.2) is 0 Å². The Balaban J connectivity index is 2.17. The second-order valence-electron chi connectivity index (χ2n) is 4.95. The molecule has 0 fully saturated rings. The molecule has 2 aromatic rings. The maximum Gasteiger partial charge on any atom is 0.326 e. The number of amides is 1. The summed E-state index contributed by atoms with van der Waals surface area (Å²) in [4.78, 5) is 27.8. The van der Waals surface area contributed by atoms with Gasteiger partial charge in [-0.25, -0.2) is 4.98 Å². The molecule has 0 unspecified atom stereocenters. The molecule has 0 radical (unpaired) electrons. The third kappa shape index (κ3) is 4.42. The van der Waals surface area contributed by atoms with Gasteiger partial charge in [-0.05, 0) is 32.1 Å². The predicted molar refractivity (Wildman–Crippen MR) is 87.9 cm³/mol. The molecule has 1 aromatic carbocycles. The van der Waals surface area contributed by atoms with E-state index in [9.17, 15) is 9.59 Å². The molecule has 0 spiro atoms. The summed E-state index contributed by atoms with van der Waals surface area (Å²) in [5, 5.41) is 2.79. The zero-order valence-electron chi connectivity index (χ0n) is 13.4. The zero-order chi connectivity index (χ0) is 16.7. The first-order valence-electron chi connectivity index (χ1n) is 7.66. The van der Waals surface area contributed by atoms with Crippen molar-refractivity contribution in [3.8, 4) is 0 Å². The van der Waals surface area contributed by atoms with E-state index in [4.69, 9.17) is 4.74 Å². The van der Waals surface area contributed by atoms with Crippen LogP contribution in [-0.4, -0.2) is 34.6 Å². The summed E-state index contributed by atoms with van der Waals surface area (Å²) in [6.45, 7) is 4.49. The number of nitrogens with one attached hydrogen (secondary N) is 1. The van der Waals surface area contributed by atoms with Crippen LogP contribution in [0.25, 0.3) is 11.0 Å². The highest BCUT2D eigenvalue weighted by atomic mass is 16.5. The van der Waals surface area contributed by atoms with E-state index in [0.29, 0.717) is 19.6 Å². The van der Waals surface area contributed by atoms with Crippen LogP contribution in [0.15, 0.2) is 36.4 Å². The SMILES string of the molecule is C/C=C/C(=O)NCCc1nc2ccccc2n1CC(=O)OCC. The molecular formula is C17H21N3O3. The number of ether oxygens (including phenoxy) is 1. The summed E-state index contributed by atoms with van der Waals surface area (Å²) in [5.41, 5.74) is 1.71. The van der Waals surface area contributed by atoms with Gasteiger partial charge in [0.1, 0.15) is 12.4 Å². The molecule has 6 heteroatoms. The van der Waals surface area contributed by atoms with Crippen LogP contribution in [0.4, 0.5) is 0 Å². The molecule has 0 aliphatic heterocycles. The number of rotatable bonds is 7. The van der Waals surface area contributed by atoms with Gasteiger partial charge in [0.25, 0.3) is 0 Å². The van der Waals surface area contributed by atoms with Crippen LogP contribution in [-0.2, 0) is 27.3 Å². The van der Waals surface area contributed by atoms with Gasteiger partial charge >= 0.3 is 5.97 Å². The summed E-state index contributed by atoms with van der Waals surface area (Å²) in [6.07, 6.45) is 3.70. The number of esters is 1. The Morgan fingerprint density at radius 2 is 2.13 bits per heavy atom. The number of para-hydroxylation sites is 2. The number of nitrogens with zero attached hydrogens (tertiary/aromatic N) is 2. The number of carbonyl (C=O) groups excluding carboxylic acids is 2. The van der Waals surface area contributed by atoms with Crippen molar-refractivity contribution in [2.75, 3.05) is 13.2 Å². The number of carbonyl (C=O) groups is 2. The Morgan fingerprint density at radius 1 is 1.35 bits per heavy atom. The van der Waals surface area contributed by atoms with E-state index in [-0.39, 0.29) is 18.4 Å². The average Bonchev–Trinajstić information content (AvgIpc) is 2.86. The molecule has 6 nitrogen and oxygen atoms in total. The van der Waals surface area contributed by atoms with Gasteiger partial charge < -0.3 is 14.6 Å². The maximum atomic E-state index is 11.8. The van der Waals surface area contributed by atoms with E-state index < -0.39 is 0 Å². The van der Waals surface area contributed by atoms with Crippen LogP contribution in [0.2, 0.25) is 0 Å². The summed E-state index contributed by atoms with van der Waals surface area (Å²) in [7, 11) is 0. The first-order chi connectivity index (χ1) is 11.2. The molecule has 0 aliphatic rings. The quantitative estimate of drug-likeness (QED) is 0.625. The van der Waals surface area contributed by atoms with E-state index in [1.54, 1.807) is 19.9 Å². The number of fused-ring (bicyclic) bond motifs is 1. The fourth-order valence-corrected chi connectivity index (χ4v) is 2.34. The molecule has 0 saturated heterocycles. The Bertz CT molecular complexity index is 719. The Kier molecular flexibility index (Phi) is 5.91. The Morgan fingerprint density at radius 3 is 2.87 bits per heavy atom. The molecule has 23 heavy (non-hydrogen) atoms. The molecule has 122 valence electrons. The topological polar surface area (TPSA) is 73.2 Å². The lowest BCUT2D eigenvalue weighted by atomic mass is 10.3. The highest BCUT2D eigenvalue weighted by Crippen LogP contribution is 2.16. The van der Waals surface area contributed by atoms with Crippen molar-refractivity contribution >= 4 is 22.9 Å². The van der Waals surface area contributed by atoms with Crippen molar-refractivity contribution in [1.29, 1.82) is 0 Å². The number of hydrogen-bond donors (Lipinski definition) is 1. The smallest absolute Gasteiger partial charge is 0.326 e. The van der Waals surface area contributed by atoms with Crippen LogP contribution < -0.4 is 5.32 Å². The lowest BCUT2D eigenvalue weighted by Crippen LogP contribution is -2.25. The van der Waals surface area contributed by atoms with Gasteiger partial charge in [-0.2, -0.15) is 0 Å². The van der Waals surface area contributed by atoms with Crippen molar-refractivity contribution < 1.29 is 14.3 Å². The Labute approximate surface area is 135 Å². The van der Waals surface area contributed by atoms with E-state index in [0.717, 1.165) is 16.9 Å². The molecule has 0 aliphatic carbocycles. The van der Waals surface area contributed by atoms with E-state index in [2.05, 4.69) is 10.3 Å². The highest BCUT2D eigenvalue weighted by molar-refractivity contribution is 5.87. The third-order valence-corrected chi connectivity index (χ3v) is 3.29. The fourth-order valence-electron chi connectivity index (χ4n) is 2.34. The summed E-state index contributed by atoms with van der Waals surface area (Å²) < 4.78 is 6.87. The van der Waals surface area contributed by atoms with E-state index in [1.807, 2.05) is 28.8 Å². The Hall–Kier alpha value is -2.63. The number of hydrogen-bond acceptors (Lipinski definition) is 4. The van der Waals surface area contributed by atoms with Crippen LogP contribution in [0, 0.1) is 0 Å². The molecule has 0 bridgehead atoms. The first kappa shape index (κ1) is 16.7. The number of benzene rings is 1. The molecule has 1 heterocycles. The van der Waals surface area contributed by atoms with Crippen molar-refractivity contribution in [2.45, 2.75) is 26.8 Å². The van der Waals surface area contributed by atoms with E-state index in [1.165, 1.54) is 6.08 Å². The van der Waals surface area contributed by atoms with Crippen LogP contribution in [0.3, 0.4) is 0 Å². The molecule has 0 saturated carbocycles. The van der Waals surface area contributed by atoms with Crippen LogP contribution >= 0.6 is 0 Å². The van der Waals surface area contributed by atoms with Crippen molar-refractivity contribution in [2.24, 2.45) is 0 Å². The molecule has 0 atom stereocenters. The molecule has 1 aromatic heterocycles. The van der Waals surface area contributed by atoms with Crippen LogP contribution in [0.5, 0.6) is 0 Å². The largest absolute Gasteiger partial charge is 0.465 e. The van der Waals surface area contributed by atoms with Gasteiger partial charge in [0.05, 0.1) is 17.6 Å². The highest BCUT2D eigenvalue weighted by Gasteiger charge is 2.14. The van der Waals surface area contributed by atoms with Crippen LogP contribution in [0.1, 0.15) is 19.7 Å². The van der Waals surface area contributed by atoms with Crippen molar-refractivity contribution in [1.82, 2.24) is 14.9 Å². The van der Waals surface area contributed by atoms with Gasteiger partial charge in [-0.3, -0.25) is 9.59 Å². The van der Waals surface area contributed by atoms with Crippen molar-refractivity contribution in [3.05, 3.63) is 42.2 Å². The minimum atomic E-state index is -0.296. The number of aromatic nitrogens is 2. The number of allylic oxidation sites excluding steroid dienone is 1. The molecule has 1 amide bonds. The average molecular weight is 315 g/mol. The second-order valence-corrected chi connectivity index (χ2v) is 4.95. The molecule has 2 rings (SSSR count). The van der Waals surface area contributed by atoms with Gasteiger partial charge in [-0.15, -0.1) is 0 Å².